The molecule has 7 heteroatoms. The number of carbonyl (C=O) groups is 1. The van der Waals surface area contributed by atoms with Crippen LogP contribution in [0.25, 0.3) is 11.5 Å². The van der Waals surface area contributed by atoms with E-state index in [9.17, 15) is 4.79 Å². The summed E-state index contributed by atoms with van der Waals surface area (Å²) in [6.07, 6.45) is 1.44. The van der Waals surface area contributed by atoms with Crippen LogP contribution in [0.1, 0.15) is 32.0 Å². The van der Waals surface area contributed by atoms with Crippen LogP contribution in [-0.2, 0) is 24.9 Å². The molecule has 0 atom stereocenters. The number of fused-ring (bicyclic) bond motifs is 1. The fourth-order valence-electron chi connectivity index (χ4n) is 2.46. The van der Waals surface area contributed by atoms with E-state index in [1.165, 1.54) is 0 Å². The molecule has 0 unspecified atom stereocenters. The van der Waals surface area contributed by atoms with Crippen molar-refractivity contribution in [1.29, 1.82) is 0 Å². The summed E-state index contributed by atoms with van der Waals surface area (Å²) in [5.74, 6) is 0.787. The van der Waals surface area contributed by atoms with Crippen LogP contribution in [0.3, 0.4) is 0 Å². The van der Waals surface area contributed by atoms with E-state index in [1.807, 2.05) is 44.5 Å². The number of amides is 1. The van der Waals surface area contributed by atoms with Crippen molar-refractivity contribution in [3.8, 4) is 11.5 Å². The zero-order valence-electron chi connectivity index (χ0n) is 13.6. The number of carbonyl (C=O) groups excluding carboxylic acids is 1. The number of nitrogens with zero attached hydrogens (tertiary/aromatic N) is 4. The maximum absolute atomic E-state index is 12.2. The average Bonchev–Trinajstić information content (AvgIpc) is 3.01. The van der Waals surface area contributed by atoms with Crippen molar-refractivity contribution in [1.82, 2.24) is 19.4 Å². The van der Waals surface area contributed by atoms with Gasteiger partial charge in [0.15, 0.2) is 5.82 Å². The summed E-state index contributed by atoms with van der Waals surface area (Å²) in [5, 5.41) is 0. The van der Waals surface area contributed by atoms with Crippen molar-refractivity contribution in [2.45, 2.75) is 39.5 Å². The Hall–Kier alpha value is -1.89. The first kappa shape index (κ1) is 16.0. The second-order valence-corrected chi connectivity index (χ2v) is 7.41. The Balaban J connectivity index is 1.81. The van der Waals surface area contributed by atoms with Crippen LogP contribution >= 0.6 is 15.9 Å². The number of imidazole rings is 1. The molecule has 2 aromatic rings. The van der Waals surface area contributed by atoms with Crippen molar-refractivity contribution < 1.29 is 9.53 Å². The maximum Gasteiger partial charge on any atom is 0.410 e. The molecule has 0 aliphatic carbocycles. The third kappa shape index (κ3) is 3.24. The van der Waals surface area contributed by atoms with Crippen LogP contribution in [-0.4, -0.2) is 31.1 Å². The number of rotatable bonds is 1. The van der Waals surface area contributed by atoms with Gasteiger partial charge in [-0.1, -0.05) is 6.07 Å². The molecule has 6 nitrogen and oxygen atoms in total. The summed E-state index contributed by atoms with van der Waals surface area (Å²) in [6, 6.07) is 3.94. The highest BCUT2D eigenvalue weighted by molar-refractivity contribution is 9.10. The topological polar surface area (TPSA) is 60.2 Å². The van der Waals surface area contributed by atoms with Gasteiger partial charge in [0.1, 0.15) is 15.9 Å². The highest BCUT2D eigenvalue weighted by Crippen LogP contribution is 2.27. The van der Waals surface area contributed by atoms with Gasteiger partial charge in [0.25, 0.3) is 0 Å². The molecule has 23 heavy (non-hydrogen) atoms. The van der Waals surface area contributed by atoms with Crippen LogP contribution in [0, 0.1) is 0 Å². The lowest BCUT2D eigenvalue weighted by molar-refractivity contribution is 0.0240. The van der Waals surface area contributed by atoms with Gasteiger partial charge in [-0.3, -0.25) is 4.90 Å². The molecule has 0 radical (unpaired) electrons. The first-order chi connectivity index (χ1) is 10.7. The molecule has 1 amide bonds. The van der Waals surface area contributed by atoms with Crippen molar-refractivity contribution in [3.05, 3.63) is 34.2 Å². The average molecular weight is 379 g/mol. The second kappa shape index (κ2) is 5.63. The Morgan fingerprint density at radius 3 is 2.65 bits per heavy atom. The SMILES string of the molecule is Cn1c(Br)cnc1-c1ccc2c(n1)CN(C(=O)OC(C)(C)C)C2. The lowest BCUT2D eigenvalue weighted by Crippen LogP contribution is -2.33. The minimum absolute atomic E-state index is 0.309. The normalized spacial score (nSPS) is 14.0. The molecule has 0 saturated heterocycles. The van der Waals surface area contributed by atoms with Gasteiger partial charge in [0.2, 0.25) is 0 Å². The molecular weight excluding hydrogens is 360 g/mol. The minimum Gasteiger partial charge on any atom is -0.444 e. The Kier molecular flexibility index (Phi) is 3.91. The van der Waals surface area contributed by atoms with Gasteiger partial charge in [0, 0.05) is 7.05 Å². The number of hydrogen-bond donors (Lipinski definition) is 0. The van der Waals surface area contributed by atoms with Crippen molar-refractivity contribution in [2.24, 2.45) is 7.05 Å². The molecule has 0 saturated carbocycles. The monoisotopic (exact) mass is 378 g/mol. The molecule has 122 valence electrons. The lowest BCUT2D eigenvalue weighted by atomic mass is 10.2. The number of hydrogen-bond acceptors (Lipinski definition) is 4. The molecular formula is C16H19BrN4O2. The van der Waals surface area contributed by atoms with E-state index in [2.05, 4.69) is 25.9 Å². The van der Waals surface area contributed by atoms with Gasteiger partial charge < -0.3 is 9.30 Å². The van der Waals surface area contributed by atoms with E-state index in [1.54, 1.807) is 11.1 Å². The van der Waals surface area contributed by atoms with E-state index >= 15 is 0 Å². The summed E-state index contributed by atoms with van der Waals surface area (Å²) < 4.78 is 8.25. The quantitative estimate of drug-likeness (QED) is 0.761. The van der Waals surface area contributed by atoms with Crippen LogP contribution in [0.4, 0.5) is 4.79 Å². The Labute approximate surface area is 143 Å². The molecule has 0 aromatic carbocycles. The number of halogens is 1. The minimum atomic E-state index is -0.496. The predicted octanol–water partition coefficient (Wildman–Crippen LogP) is 3.50. The molecule has 0 fully saturated rings. The largest absolute Gasteiger partial charge is 0.444 e. The first-order valence-electron chi connectivity index (χ1n) is 7.39. The Morgan fingerprint density at radius 2 is 2.04 bits per heavy atom. The second-order valence-electron chi connectivity index (χ2n) is 6.60. The van der Waals surface area contributed by atoms with Gasteiger partial charge in [-0.15, -0.1) is 0 Å². The molecule has 3 heterocycles. The molecule has 0 N–H and O–H groups in total. The molecule has 3 rings (SSSR count). The van der Waals surface area contributed by atoms with Crippen LogP contribution in [0.5, 0.6) is 0 Å². The van der Waals surface area contributed by atoms with E-state index in [0.29, 0.717) is 13.1 Å². The summed E-state index contributed by atoms with van der Waals surface area (Å²) in [6.45, 7) is 6.58. The van der Waals surface area contributed by atoms with Gasteiger partial charge >= 0.3 is 6.09 Å². The zero-order chi connectivity index (χ0) is 16.8. The Morgan fingerprint density at radius 1 is 1.30 bits per heavy atom. The predicted molar refractivity (Wildman–Crippen MR) is 89.6 cm³/mol. The highest BCUT2D eigenvalue weighted by Gasteiger charge is 2.29. The van der Waals surface area contributed by atoms with Gasteiger partial charge in [-0.05, 0) is 48.3 Å². The first-order valence-corrected chi connectivity index (χ1v) is 8.18. The van der Waals surface area contributed by atoms with E-state index in [4.69, 9.17) is 4.74 Å². The zero-order valence-corrected chi connectivity index (χ0v) is 15.2. The molecule has 0 spiro atoms. The van der Waals surface area contributed by atoms with Crippen molar-refractivity contribution >= 4 is 22.0 Å². The summed E-state index contributed by atoms with van der Waals surface area (Å²) in [5.41, 5.74) is 2.24. The summed E-state index contributed by atoms with van der Waals surface area (Å²) >= 11 is 3.44. The number of ether oxygens (including phenoxy) is 1. The van der Waals surface area contributed by atoms with Crippen molar-refractivity contribution in [2.75, 3.05) is 0 Å². The summed E-state index contributed by atoms with van der Waals surface area (Å²) in [7, 11) is 1.92. The van der Waals surface area contributed by atoms with E-state index in [0.717, 1.165) is 27.4 Å². The third-order valence-electron chi connectivity index (χ3n) is 3.58. The van der Waals surface area contributed by atoms with Crippen molar-refractivity contribution in [3.63, 3.8) is 0 Å². The molecule has 1 aliphatic rings. The van der Waals surface area contributed by atoms with Gasteiger partial charge in [0.05, 0.1) is 25.0 Å². The van der Waals surface area contributed by atoms with E-state index in [-0.39, 0.29) is 6.09 Å². The number of aromatic nitrogens is 3. The maximum atomic E-state index is 12.2. The van der Waals surface area contributed by atoms with Gasteiger partial charge in [-0.2, -0.15) is 0 Å². The third-order valence-corrected chi connectivity index (χ3v) is 4.32. The van der Waals surface area contributed by atoms with E-state index < -0.39 is 5.60 Å². The molecule has 0 bridgehead atoms. The Bertz CT molecular complexity index is 764. The lowest BCUT2D eigenvalue weighted by Gasteiger charge is -2.23. The fourth-order valence-corrected chi connectivity index (χ4v) is 2.73. The van der Waals surface area contributed by atoms with Crippen LogP contribution < -0.4 is 0 Å². The standard InChI is InChI=1S/C16H19BrN4O2/c1-16(2,3)23-15(22)21-8-10-5-6-11(19-12(10)9-21)14-18-7-13(17)20(14)4/h5-7H,8-9H2,1-4H3. The highest BCUT2D eigenvalue weighted by atomic mass is 79.9. The summed E-state index contributed by atoms with van der Waals surface area (Å²) in [4.78, 5) is 22.9. The van der Waals surface area contributed by atoms with Crippen LogP contribution in [0.2, 0.25) is 0 Å². The van der Waals surface area contributed by atoms with Gasteiger partial charge in [-0.25, -0.2) is 14.8 Å². The smallest absolute Gasteiger partial charge is 0.410 e. The van der Waals surface area contributed by atoms with Crippen LogP contribution in [0.15, 0.2) is 22.9 Å². The fraction of sp³-hybridized carbons (Fsp3) is 0.438. The number of pyridine rings is 1. The molecule has 1 aliphatic heterocycles. The molecule has 2 aromatic heterocycles.